The first-order valence-electron chi connectivity index (χ1n) is 6.25. The van der Waals surface area contributed by atoms with Gasteiger partial charge in [0.1, 0.15) is 11.6 Å². The molecule has 7 N–H and O–H groups in total. The van der Waals surface area contributed by atoms with E-state index in [1.165, 1.54) is 6.33 Å². The van der Waals surface area contributed by atoms with Crippen LogP contribution >= 0.6 is 0 Å². The number of hydrogen-bond acceptors (Lipinski definition) is 8. The third-order valence-electron chi connectivity index (χ3n) is 3.83. The molecule has 1 fully saturated rings. The SMILES string of the molecule is Nc1nc(N)c2ncn([C@@H]3C[C@H](CO)[C@H](O)[C@@H]3O)c2n1. The van der Waals surface area contributed by atoms with Gasteiger partial charge in [-0.05, 0) is 6.42 Å². The second kappa shape index (κ2) is 4.54. The van der Waals surface area contributed by atoms with Crippen LogP contribution in [0.1, 0.15) is 12.5 Å². The summed E-state index contributed by atoms with van der Waals surface area (Å²) in [6.07, 6.45) is -0.107. The average Bonchev–Trinajstić information content (AvgIpc) is 2.93. The number of aliphatic hydroxyl groups is 3. The number of imidazole rings is 1. The molecule has 0 radical (unpaired) electrons. The molecular weight excluding hydrogens is 264 g/mol. The lowest BCUT2D eigenvalue weighted by Gasteiger charge is -2.18. The summed E-state index contributed by atoms with van der Waals surface area (Å²) < 4.78 is 1.62. The maximum Gasteiger partial charge on any atom is 0.224 e. The third-order valence-corrected chi connectivity index (χ3v) is 3.83. The lowest BCUT2D eigenvalue weighted by atomic mass is 10.1. The zero-order valence-corrected chi connectivity index (χ0v) is 10.6. The Morgan fingerprint density at radius 3 is 2.65 bits per heavy atom. The van der Waals surface area contributed by atoms with Crippen LogP contribution in [0.5, 0.6) is 0 Å². The molecule has 9 heteroatoms. The topological polar surface area (TPSA) is 156 Å². The molecule has 3 rings (SSSR count). The van der Waals surface area contributed by atoms with E-state index < -0.39 is 18.2 Å². The van der Waals surface area contributed by atoms with Crippen LogP contribution in [0.2, 0.25) is 0 Å². The number of anilines is 2. The largest absolute Gasteiger partial charge is 0.396 e. The Hall–Kier alpha value is -1.97. The number of rotatable bonds is 2. The highest BCUT2D eigenvalue weighted by Gasteiger charge is 2.42. The minimum Gasteiger partial charge on any atom is -0.396 e. The van der Waals surface area contributed by atoms with Gasteiger partial charge in [0.15, 0.2) is 11.5 Å². The first-order valence-corrected chi connectivity index (χ1v) is 6.25. The summed E-state index contributed by atoms with van der Waals surface area (Å²) in [5.41, 5.74) is 12.1. The highest BCUT2D eigenvalue weighted by Crippen LogP contribution is 2.36. The molecule has 0 bridgehead atoms. The van der Waals surface area contributed by atoms with Gasteiger partial charge in [0.2, 0.25) is 5.95 Å². The van der Waals surface area contributed by atoms with E-state index in [-0.39, 0.29) is 24.3 Å². The predicted octanol–water partition coefficient (Wildman–Crippen LogP) is -1.73. The molecule has 2 aromatic heterocycles. The first-order chi connectivity index (χ1) is 9.52. The average molecular weight is 280 g/mol. The lowest BCUT2D eigenvalue weighted by molar-refractivity contribution is -0.00370. The van der Waals surface area contributed by atoms with Crippen molar-refractivity contribution in [2.24, 2.45) is 5.92 Å². The first kappa shape index (κ1) is 13.0. The molecule has 20 heavy (non-hydrogen) atoms. The normalized spacial score (nSPS) is 30.1. The van der Waals surface area contributed by atoms with Crippen LogP contribution in [0, 0.1) is 5.92 Å². The summed E-state index contributed by atoms with van der Waals surface area (Å²) in [6, 6.07) is -0.444. The van der Waals surface area contributed by atoms with Crippen LogP contribution in [0.25, 0.3) is 11.2 Å². The summed E-state index contributed by atoms with van der Waals surface area (Å²) in [5, 5.41) is 29.2. The van der Waals surface area contributed by atoms with Gasteiger partial charge in [0.25, 0.3) is 0 Å². The Kier molecular flexibility index (Phi) is 2.96. The molecule has 2 aromatic rings. The van der Waals surface area contributed by atoms with Gasteiger partial charge < -0.3 is 31.4 Å². The zero-order valence-electron chi connectivity index (χ0n) is 10.6. The highest BCUT2D eigenvalue weighted by atomic mass is 16.3. The molecule has 1 aliphatic rings. The summed E-state index contributed by atoms with van der Waals surface area (Å²) in [5.74, 6) is -0.203. The Bertz CT molecular complexity index is 644. The van der Waals surface area contributed by atoms with Crippen molar-refractivity contribution in [3.63, 3.8) is 0 Å². The third kappa shape index (κ3) is 1.79. The van der Waals surface area contributed by atoms with Crippen molar-refractivity contribution in [1.29, 1.82) is 0 Å². The number of nitrogens with two attached hydrogens (primary N) is 2. The molecule has 0 spiro atoms. The molecule has 1 saturated carbocycles. The lowest BCUT2D eigenvalue weighted by Crippen LogP contribution is -2.30. The molecule has 9 nitrogen and oxygen atoms in total. The van der Waals surface area contributed by atoms with E-state index in [9.17, 15) is 15.3 Å². The van der Waals surface area contributed by atoms with Crippen LogP contribution in [-0.2, 0) is 0 Å². The van der Waals surface area contributed by atoms with Gasteiger partial charge >= 0.3 is 0 Å². The summed E-state index contributed by atoms with van der Waals surface area (Å²) >= 11 is 0. The molecular formula is C11H16N6O3. The van der Waals surface area contributed by atoms with Crippen LogP contribution in [0.15, 0.2) is 6.33 Å². The van der Waals surface area contributed by atoms with E-state index in [0.717, 1.165) is 0 Å². The monoisotopic (exact) mass is 280 g/mol. The molecule has 4 atom stereocenters. The van der Waals surface area contributed by atoms with Crippen LogP contribution < -0.4 is 11.5 Å². The summed E-state index contributed by atoms with van der Waals surface area (Å²) in [4.78, 5) is 12.0. The van der Waals surface area contributed by atoms with Crippen molar-refractivity contribution in [2.45, 2.75) is 24.7 Å². The van der Waals surface area contributed by atoms with Gasteiger partial charge in [-0.1, -0.05) is 0 Å². The summed E-state index contributed by atoms with van der Waals surface area (Å²) in [7, 11) is 0. The summed E-state index contributed by atoms with van der Waals surface area (Å²) in [6.45, 7) is -0.194. The van der Waals surface area contributed by atoms with E-state index in [4.69, 9.17) is 11.5 Å². The predicted molar refractivity (Wildman–Crippen MR) is 70.4 cm³/mol. The van der Waals surface area contributed by atoms with Crippen molar-refractivity contribution >= 4 is 22.9 Å². The number of hydrogen-bond donors (Lipinski definition) is 5. The Morgan fingerprint density at radius 2 is 2.00 bits per heavy atom. The molecule has 2 heterocycles. The van der Waals surface area contributed by atoms with Gasteiger partial charge in [-0.3, -0.25) is 0 Å². The van der Waals surface area contributed by atoms with Gasteiger partial charge in [-0.2, -0.15) is 9.97 Å². The Balaban J connectivity index is 2.07. The van der Waals surface area contributed by atoms with Gasteiger partial charge in [0.05, 0.1) is 18.5 Å². The standard InChI is InChI=1S/C11H16N6O3/c12-9-6-10(16-11(13)15-9)17(3-14-6)5-1-4(2-18)7(19)8(5)20/h3-5,7-8,18-20H,1-2H2,(H4,12,13,15,16)/t4-,5-,7+,8-/m1/s1. The number of aliphatic hydroxyl groups excluding tert-OH is 3. The molecule has 0 aliphatic heterocycles. The fourth-order valence-corrected chi connectivity index (χ4v) is 2.75. The van der Waals surface area contributed by atoms with E-state index in [1.807, 2.05) is 0 Å². The highest BCUT2D eigenvalue weighted by molar-refractivity contribution is 5.82. The van der Waals surface area contributed by atoms with Crippen molar-refractivity contribution < 1.29 is 15.3 Å². The fourth-order valence-electron chi connectivity index (χ4n) is 2.75. The maximum absolute atomic E-state index is 10.1. The van der Waals surface area contributed by atoms with Gasteiger partial charge in [-0.25, -0.2) is 4.98 Å². The van der Waals surface area contributed by atoms with E-state index in [0.29, 0.717) is 17.6 Å². The minimum atomic E-state index is -1.01. The second-order valence-electron chi connectivity index (χ2n) is 5.02. The molecule has 0 aromatic carbocycles. The second-order valence-corrected chi connectivity index (χ2v) is 5.02. The quantitative estimate of drug-likeness (QED) is 0.434. The van der Waals surface area contributed by atoms with Crippen LogP contribution in [0.4, 0.5) is 11.8 Å². The van der Waals surface area contributed by atoms with E-state index in [2.05, 4.69) is 15.0 Å². The Labute approximate surface area is 113 Å². The number of nitrogens with zero attached hydrogens (tertiary/aromatic N) is 4. The van der Waals surface area contributed by atoms with Crippen molar-refractivity contribution in [2.75, 3.05) is 18.1 Å². The number of aromatic nitrogens is 4. The Morgan fingerprint density at radius 1 is 1.25 bits per heavy atom. The zero-order chi connectivity index (χ0) is 14.4. The smallest absolute Gasteiger partial charge is 0.224 e. The van der Waals surface area contributed by atoms with E-state index in [1.54, 1.807) is 4.57 Å². The molecule has 0 amide bonds. The molecule has 0 saturated heterocycles. The number of nitrogen functional groups attached to an aromatic ring is 2. The van der Waals surface area contributed by atoms with Gasteiger partial charge in [0, 0.05) is 12.5 Å². The molecule has 1 aliphatic carbocycles. The molecule has 0 unspecified atom stereocenters. The van der Waals surface area contributed by atoms with Crippen molar-refractivity contribution in [1.82, 2.24) is 19.5 Å². The fraction of sp³-hybridized carbons (Fsp3) is 0.545. The molecule has 108 valence electrons. The van der Waals surface area contributed by atoms with Crippen molar-refractivity contribution in [3.8, 4) is 0 Å². The minimum absolute atomic E-state index is 0.0171. The van der Waals surface area contributed by atoms with Crippen LogP contribution in [-0.4, -0.2) is 53.7 Å². The maximum atomic E-state index is 10.1. The van der Waals surface area contributed by atoms with Crippen molar-refractivity contribution in [3.05, 3.63) is 6.33 Å². The van der Waals surface area contributed by atoms with E-state index >= 15 is 0 Å². The van der Waals surface area contributed by atoms with Crippen LogP contribution in [0.3, 0.4) is 0 Å². The van der Waals surface area contributed by atoms with Gasteiger partial charge in [-0.15, -0.1) is 0 Å². The number of fused-ring (bicyclic) bond motifs is 1.